The van der Waals surface area contributed by atoms with E-state index < -0.39 is 16.4 Å². The summed E-state index contributed by atoms with van der Waals surface area (Å²) in [4.78, 5) is 41.6. The molecule has 1 aromatic heterocycles. The summed E-state index contributed by atoms with van der Waals surface area (Å²) in [6.45, 7) is 0. The van der Waals surface area contributed by atoms with Crippen molar-refractivity contribution >= 4 is 28.9 Å². The molecule has 3 rings (SSSR count). The number of halogens is 1. The van der Waals surface area contributed by atoms with Gasteiger partial charge in [-0.15, -0.1) is 0 Å². The van der Waals surface area contributed by atoms with E-state index in [-0.39, 0.29) is 28.5 Å². The summed E-state index contributed by atoms with van der Waals surface area (Å²) in [7, 11) is 1.31. The number of aromatic amines is 1. The van der Waals surface area contributed by atoms with Crippen molar-refractivity contribution in [3.8, 4) is 17.1 Å². The van der Waals surface area contributed by atoms with Gasteiger partial charge in [0.2, 0.25) is 0 Å². The van der Waals surface area contributed by atoms with E-state index in [0.717, 1.165) is 6.20 Å². The first-order chi connectivity index (χ1) is 13.4. The van der Waals surface area contributed by atoms with E-state index in [4.69, 9.17) is 16.3 Å². The fraction of sp³-hybridized carbons (Fsp3) is 0.0556. The molecule has 0 fully saturated rings. The third-order valence-electron chi connectivity index (χ3n) is 3.81. The lowest BCUT2D eigenvalue weighted by Crippen LogP contribution is -2.24. The number of methoxy groups -OCH3 is 1. The van der Waals surface area contributed by atoms with E-state index in [1.165, 1.54) is 25.3 Å². The minimum atomic E-state index is -0.733. The molecule has 9 nitrogen and oxygen atoms in total. The zero-order valence-corrected chi connectivity index (χ0v) is 15.2. The molecule has 0 saturated carbocycles. The van der Waals surface area contributed by atoms with Gasteiger partial charge < -0.3 is 15.0 Å². The topological polar surface area (TPSA) is 127 Å². The maximum Gasteiger partial charge on any atom is 0.273 e. The van der Waals surface area contributed by atoms with Crippen molar-refractivity contribution in [3.63, 3.8) is 0 Å². The fourth-order valence-electron chi connectivity index (χ4n) is 2.40. The van der Waals surface area contributed by atoms with E-state index in [1.54, 1.807) is 24.3 Å². The highest BCUT2D eigenvalue weighted by atomic mass is 35.5. The number of carbonyl (C=O) groups is 1. The Hall–Kier alpha value is -3.72. The number of non-ortho nitro benzene ring substituents is 1. The molecular weight excluding hydrogens is 388 g/mol. The molecule has 1 heterocycles. The number of ether oxygens (including phenoxy) is 1. The number of hydrogen-bond donors (Lipinski definition) is 2. The Morgan fingerprint density at radius 2 is 1.96 bits per heavy atom. The van der Waals surface area contributed by atoms with Crippen LogP contribution in [0.4, 0.5) is 11.4 Å². The van der Waals surface area contributed by atoms with Crippen molar-refractivity contribution in [1.29, 1.82) is 0 Å². The maximum absolute atomic E-state index is 12.4. The van der Waals surface area contributed by atoms with Crippen LogP contribution in [-0.4, -0.2) is 27.9 Å². The number of H-pyrrole nitrogens is 1. The van der Waals surface area contributed by atoms with Gasteiger partial charge in [-0.05, 0) is 30.3 Å². The van der Waals surface area contributed by atoms with Gasteiger partial charge in [0.05, 0.1) is 23.8 Å². The van der Waals surface area contributed by atoms with Gasteiger partial charge in [0.25, 0.3) is 17.2 Å². The molecule has 2 aromatic carbocycles. The molecule has 2 N–H and O–H groups in total. The minimum absolute atomic E-state index is 0.0877. The monoisotopic (exact) mass is 400 g/mol. The third-order valence-corrected chi connectivity index (χ3v) is 4.06. The standard InChI is InChI=1S/C18H13ClN4O5/c1-28-15-8-12(23(26)27)6-7-14(15)21-17(24)13-9-20-16(22-18(13)25)10-2-4-11(19)5-3-10/h2-9H,1H3,(H,21,24)(H,20,22,25). The second kappa shape index (κ2) is 7.89. The van der Waals surface area contributed by atoms with Crippen LogP contribution in [0.1, 0.15) is 10.4 Å². The molecule has 142 valence electrons. The Bertz CT molecular complexity index is 1110. The number of rotatable bonds is 5. The van der Waals surface area contributed by atoms with Gasteiger partial charge in [0.15, 0.2) is 0 Å². The zero-order chi connectivity index (χ0) is 20.3. The lowest BCUT2D eigenvalue weighted by atomic mass is 10.2. The second-order valence-electron chi connectivity index (χ2n) is 5.58. The fourth-order valence-corrected chi connectivity index (χ4v) is 2.52. The Labute approximate surface area is 163 Å². The van der Waals surface area contributed by atoms with Gasteiger partial charge in [-0.2, -0.15) is 0 Å². The highest BCUT2D eigenvalue weighted by Gasteiger charge is 2.17. The largest absolute Gasteiger partial charge is 0.494 e. The van der Waals surface area contributed by atoms with Crippen LogP contribution in [0, 0.1) is 10.1 Å². The maximum atomic E-state index is 12.4. The van der Waals surface area contributed by atoms with Crippen molar-refractivity contribution in [2.75, 3.05) is 12.4 Å². The highest BCUT2D eigenvalue weighted by molar-refractivity contribution is 6.30. The van der Waals surface area contributed by atoms with Crippen molar-refractivity contribution in [3.05, 3.63) is 79.7 Å². The number of amides is 1. The predicted octanol–water partition coefficient (Wildman–Crippen LogP) is 3.26. The van der Waals surface area contributed by atoms with Crippen LogP contribution in [0.15, 0.2) is 53.5 Å². The number of anilines is 1. The SMILES string of the molecule is COc1cc([N+](=O)[O-])ccc1NC(=O)c1cnc(-c2ccc(Cl)cc2)[nH]c1=O. The van der Waals surface area contributed by atoms with Crippen LogP contribution in [0.5, 0.6) is 5.75 Å². The molecule has 1 amide bonds. The van der Waals surface area contributed by atoms with Crippen molar-refractivity contribution < 1.29 is 14.5 Å². The average Bonchev–Trinajstić information content (AvgIpc) is 2.68. The van der Waals surface area contributed by atoms with E-state index in [1.807, 2.05) is 0 Å². The first-order valence-corrected chi connectivity index (χ1v) is 8.26. The average molecular weight is 401 g/mol. The summed E-state index contributed by atoms with van der Waals surface area (Å²) in [6, 6.07) is 10.4. The summed E-state index contributed by atoms with van der Waals surface area (Å²) in [5.74, 6) is -0.362. The van der Waals surface area contributed by atoms with Crippen LogP contribution < -0.4 is 15.6 Å². The zero-order valence-electron chi connectivity index (χ0n) is 14.4. The van der Waals surface area contributed by atoms with Gasteiger partial charge in [0.1, 0.15) is 17.1 Å². The van der Waals surface area contributed by atoms with Gasteiger partial charge >= 0.3 is 0 Å². The Kier molecular flexibility index (Phi) is 5.37. The molecule has 3 aromatic rings. The van der Waals surface area contributed by atoms with E-state index in [2.05, 4.69) is 15.3 Å². The predicted molar refractivity (Wildman–Crippen MR) is 103 cm³/mol. The molecule has 28 heavy (non-hydrogen) atoms. The smallest absolute Gasteiger partial charge is 0.273 e. The molecule has 0 aliphatic rings. The number of benzene rings is 2. The van der Waals surface area contributed by atoms with Crippen molar-refractivity contribution in [2.24, 2.45) is 0 Å². The Morgan fingerprint density at radius 3 is 2.57 bits per heavy atom. The van der Waals surface area contributed by atoms with Crippen LogP contribution >= 0.6 is 11.6 Å². The van der Waals surface area contributed by atoms with Gasteiger partial charge in [-0.25, -0.2) is 4.98 Å². The summed E-state index contributed by atoms with van der Waals surface area (Å²) in [5, 5.41) is 13.9. The quantitative estimate of drug-likeness (QED) is 0.499. The molecule has 0 spiro atoms. The van der Waals surface area contributed by atoms with Gasteiger partial charge in [-0.3, -0.25) is 19.7 Å². The summed E-state index contributed by atoms with van der Waals surface area (Å²) < 4.78 is 5.06. The number of nitro benzene ring substituents is 1. The van der Waals surface area contributed by atoms with E-state index in [0.29, 0.717) is 10.6 Å². The van der Waals surface area contributed by atoms with Crippen molar-refractivity contribution in [2.45, 2.75) is 0 Å². The molecular formula is C18H13ClN4O5. The third kappa shape index (κ3) is 3.99. The van der Waals surface area contributed by atoms with Gasteiger partial charge in [-0.1, -0.05) is 11.6 Å². The van der Waals surface area contributed by atoms with Crippen LogP contribution in [0.3, 0.4) is 0 Å². The number of nitrogens with zero attached hydrogens (tertiary/aromatic N) is 2. The highest BCUT2D eigenvalue weighted by Crippen LogP contribution is 2.29. The molecule has 0 saturated heterocycles. The molecule has 0 unspecified atom stereocenters. The minimum Gasteiger partial charge on any atom is -0.494 e. The second-order valence-corrected chi connectivity index (χ2v) is 6.01. The summed E-state index contributed by atoms with van der Waals surface area (Å²) >= 11 is 5.83. The Balaban J connectivity index is 1.86. The van der Waals surface area contributed by atoms with Crippen LogP contribution in [0.25, 0.3) is 11.4 Å². The number of hydrogen-bond acceptors (Lipinski definition) is 6. The molecule has 0 atom stereocenters. The molecule has 0 bridgehead atoms. The number of carbonyl (C=O) groups excluding carboxylic acids is 1. The van der Waals surface area contributed by atoms with E-state index >= 15 is 0 Å². The lowest BCUT2D eigenvalue weighted by Gasteiger charge is -2.10. The number of nitro groups is 1. The van der Waals surface area contributed by atoms with Crippen LogP contribution in [0.2, 0.25) is 5.02 Å². The summed E-state index contributed by atoms with van der Waals surface area (Å²) in [5.41, 5.74) is -0.247. The molecule has 0 aliphatic heterocycles. The Morgan fingerprint density at radius 1 is 1.25 bits per heavy atom. The van der Waals surface area contributed by atoms with Crippen LogP contribution in [-0.2, 0) is 0 Å². The number of nitrogens with one attached hydrogen (secondary N) is 2. The number of aromatic nitrogens is 2. The molecule has 10 heteroatoms. The molecule has 0 aliphatic carbocycles. The summed E-state index contributed by atoms with van der Waals surface area (Å²) in [6.07, 6.45) is 1.15. The first kappa shape index (κ1) is 19.1. The van der Waals surface area contributed by atoms with Gasteiger partial charge in [0, 0.05) is 22.8 Å². The lowest BCUT2D eigenvalue weighted by molar-refractivity contribution is -0.384. The van der Waals surface area contributed by atoms with E-state index in [9.17, 15) is 19.7 Å². The first-order valence-electron chi connectivity index (χ1n) is 7.88. The molecule has 0 radical (unpaired) electrons. The normalized spacial score (nSPS) is 10.4. The van der Waals surface area contributed by atoms with Crippen molar-refractivity contribution in [1.82, 2.24) is 9.97 Å².